The minimum Gasteiger partial charge on any atom is -0.354 e. The number of amides is 2. The SMILES string of the molecule is Cc1ccc(N(CCCC(=O)N(Cc2cccc(Cl)c2)[C@H](C)C(=O)NCC(C)C)S(C)(=O)=O)cc1. The monoisotopic (exact) mass is 521 g/mol. The molecule has 0 bridgehead atoms. The second kappa shape index (κ2) is 12.9. The lowest BCUT2D eigenvalue weighted by Gasteiger charge is -2.29. The highest BCUT2D eigenvalue weighted by Crippen LogP contribution is 2.20. The molecule has 0 saturated heterocycles. The number of nitrogens with zero attached hydrogens (tertiary/aromatic N) is 2. The standard InChI is InChI=1S/C26H36ClN3O4S/c1-19(2)17-28-26(32)21(4)29(18-22-8-6-9-23(27)16-22)25(31)10-7-15-30(35(5,33)34)24-13-11-20(3)12-14-24/h6,8-9,11-14,16,19,21H,7,10,15,17-18H2,1-5H3,(H,28,32)/t21-/m1/s1. The number of halogens is 1. The summed E-state index contributed by atoms with van der Waals surface area (Å²) in [4.78, 5) is 27.6. The van der Waals surface area contributed by atoms with Crippen molar-refractivity contribution in [2.75, 3.05) is 23.7 Å². The Balaban J connectivity index is 2.15. The Morgan fingerprint density at radius 2 is 1.71 bits per heavy atom. The first-order chi connectivity index (χ1) is 16.4. The molecule has 0 heterocycles. The number of carbonyl (C=O) groups excluding carboxylic acids is 2. The molecule has 0 fully saturated rings. The molecule has 2 aromatic carbocycles. The van der Waals surface area contributed by atoms with Crippen LogP contribution in [0, 0.1) is 12.8 Å². The Hall–Kier alpha value is -2.58. The first-order valence-electron chi connectivity index (χ1n) is 11.7. The van der Waals surface area contributed by atoms with E-state index in [2.05, 4.69) is 5.32 Å². The van der Waals surface area contributed by atoms with E-state index < -0.39 is 16.1 Å². The van der Waals surface area contributed by atoms with E-state index in [9.17, 15) is 18.0 Å². The normalized spacial score (nSPS) is 12.3. The van der Waals surface area contributed by atoms with E-state index in [1.165, 1.54) is 9.21 Å². The zero-order valence-electron chi connectivity index (χ0n) is 21.1. The minimum absolute atomic E-state index is 0.0975. The molecule has 1 atom stereocenters. The van der Waals surface area contributed by atoms with Gasteiger partial charge in [0.15, 0.2) is 0 Å². The number of nitrogens with one attached hydrogen (secondary N) is 1. The third-order valence-electron chi connectivity index (χ3n) is 5.57. The molecule has 7 nitrogen and oxygen atoms in total. The molecule has 0 aliphatic heterocycles. The Labute approximate surface area is 214 Å². The molecule has 0 aliphatic rings. The summed E-state index contributed by atoms with van der Waals surface area (Å²) in [6, 6.07) is 13.7. The van der Waals surface area contributed by atoms with Crippen LogP contribution in [-0.2, 0) is 26.2 Å². The van der Waals surface area contributed by atoms with Crippen molar-refractivity contribution in [3.63, 3.8) is 0 Å². The summed E-state index contributed by atoms with van der Waals surface area (Å²) in [5.74, 6) is -0.173. The second-order valence-electron chi connectivity index (χ2n) is 9.24. The lowest BCUT2D eigenvalue weighted by molar-refractivity contribution is -0.140. The van der Waals surface area contributed by atoms with Crippen LogP contribution in [0.5, 0.6) is 0 Å². The van der Waals surface area contributed by atoms with Gasteiger partial charge >= 0.3 is 0 Å². The fourth-order valence-corrected chi connectivity index (χ4v) is 4.76. The number of hydrogen-bond donors (Lipinski definition) is 1. The van der Waals surface area contributed by atoms with Gasteiger partial charge in [0.1, 0.15) is 6.04 Å². The first kappa shape index (κ1) is 28.7. The van der Waals surface area contributed by atoms with Gasteiger partial charge in [-0.1, -0.05) is 55.3 Å². The number of benzene rings is 2. The van der Waals surface area contributed by atoms with Crippen molar-refractivity contribution in [2.24, 2.45) is 5.92 Å². The number of rotatable bonds is 12. The predicted molar refractivity (Wildman–Crippen MR) is 142 cm³/mol. The summed E-state index contributed by atoms with van der Waals surface area (Å²) in [5, 5.41) is 3.44. The molecule has 2 aromatic rings. The Bertz CT molecular complexity index is 1100. The van der Waals surface area contributed by atoms with Crippen LogP contribution in [0.3, 0.4) is 0 Å². The number of sulfonamides is 1. The van der Waals surface area contributed by atoms with Gasteiger partial charge in [-0.25, -0.2) is 8.42 Å². The fourth-order valence-electron chi connectivity index (χ4n) is 3.58. The molecule has 0 aliphatic carbocycles. The van der Waals surface area contributed by atoms with Crippen LogP contribution < -0.4 is 9.62 Å². The van der Waals surface area contributed by atoms with Gasteiger partial charge in [0.2, 0.25) is 21.8 Å². The summed E-state index contributed by atoms with van der Waals surface area (Å²) in [6.45, 7) is 8.54. The number of carbonyl (C=O) groups is 2. The highest BCUT2D eigenvalue weighted by atomic mass is 35.5. The van der Waals surface area contributed by atoms with Crippen LogP contribution in [0.25, 0.3) is 0 Å². The van der Waals surface area contributed by atoms with E-state index in [1.807, 2.05) is 39.0 Å². The Morgan fingerprint density at radius 3 is 2.29 bits per heavy atom. The maximum Gasteiger partial charge on any atom is 0.242 e. The highest BCUT2D eigenvalue weighted by molar-refractivity contribution is 7.92. The van der Waals surface area contributed by atoms with Gasteiger partial charge in [0.05, 0.1) is 11.9 Å². The number of hydrogen-bond acceptors (Lipinski definition) is 4. The molecule has 35 heavy (non-hydrogen) atoms. The molecule has 1 N–H and O–H groups in total. The summed E-state index contributed by atoms with van der Waals surface area (Å²) >= 11 is 6.12. The molecule has 0 aromatic heterocycles. The van der Waals surface area contributed by atoms with Gasteiger partial charge in [-0.05, 0) is 56.0 Å². The molecule has 9 heteroatoms. The molecule has 0 radical (unpaired) electrons. The summed E-state index contributed by atoms with van der Waals surface area (Å²) < 4.78 is 26.1. The smallest absolute Gasteiger partial charge is 0.242 e. The molecular weight excluding hydrogens is 486 g/mol. The van der Waals surface area contributed by atoms with Gasteiger partial charge in [-0.2, -0.15) is 0 Å². The van der Waals surface area contributed by atoms with Crippen molar-refractivity contribution >= 4 is 39.1 Å². The predicted octanol–water partition coefficient (Wildman–Crippen LogP) is 4.38. The second-order valence-corrected chi connectivity index (χ2v) is 11.6. The molecule has 192 valence electrons. The van der Waals surface area contributed by atoms with Crippen LogP contribution in [0.2, 0.25) is 5.02 Å². The van der Waals surface area contributed by atoms with Gasteiger partial charge in [-0.15, -0.1) is 0 Å². The topological polar surface area (TPSA) is 86.8 Å². The zero-order chi connectivity index (χ0) is 26.2. The van der Waals surface area contributed by atoms with Crippen LogP contribution in [0.15, 0.2) is 48.5 Å². The number of aryl methyl sites for hydroxylation is 1. The minimum atomic E-state index is -3.52. The highest BCUT2D eigenvalue weighted by Gasteiger charge is 2.26. The summed E-state index contributed by atoms with van der Waals surface area (Å²) in [6.07, 6.45) is 1.56. The molecule has 0 unspecified atom stereocenters. The van der Waals surface area contributed by atoms with Crippen molar-refractivity contribution in [3.8, 4) is 0 Å². The third-order valence-corrected chi connectivity index (χ3v) is 7.00. The van der Waals surface area contributed by atoms with Crippen molar-refractivity contribution in [2.45, 2.75) is 53.1 Å². The largest absolute Gasteiger partial charge is 0.354 e. The average molecular weight is 522 g/mol. The van der Waals surface area contributed by atoms with Gasteiger partial charge in [-0.3, -0.25) is 13.9 Å². The van der Waals surface area contributed by atoms with E-state index in [4.69, 9.17) is 11.6 Å². The van der Waals surface area contributed by atoms with Crippen LogP contribution in [-0.4, -0.2) is 50.5 Å². The van der Waals surface area contributed by atoms with Crippen LogP contribution >= 0.6 is 11.6 Å². The van der Waals surface area contributed by atoms with E-state index in [-0.39, 0.29) is 37.2 Å². The maximum absolute atomic E-state index is 13.3. The van der Waals surface area contributed by atoms with Crippen LogP contribution in [0.1, 0.15) is 44.7 Å². The lowest BCUT2D eigenvalue weighted by Crippen LogP contribution is -2.48. The van der Waals surface area contributed by atoms with Crippen LogP contribution in [0.4, 0.5) is 5.69 Å². The quantitative estimate of drug-likeness (QED) is 0.449. The lowest BCUT2D eigenvalue weighted by atomic mass is 10.1. The zero-order valence-corrected chi connectivity index (χ0v) is 22.7. The fraction of sp³-hybridized carbons (Fsp3) is 0.462. The van der Waals surface area contributed by atoms with E-state index >= 15 is 0 Å². The van der Waals surface area contributed by atoms with Crippen molar-refractivity contribution in [1.82, 2.24) is 10.2 Å². The number of anilines is 1. The van der Waals surface area contributed by atoms with Crippen molar-refractivity contribution < 1.29 is 18.0 Å². The van der Waals surface area contributed by atoms with Gasteiger partial charge in [0, 0.05) is 31.1 Å². The third kappa shape index (κ3) is 9.18. The van der Waals surface area contributed by atoms with E-state index in [1.54, 1.807) is 37.3 Å². The molecule has 2 amide bonds. The molecule has 0 spiro atoms. The van der Waals surface area contributed by atoms with Gasteiger partial charge in [0.25, 0.3) is 0 Å². The molecule has 2 rings (SSSR count). The molecular formula is C26H36ClN3O4S. The van der Waals surface area contributed by atoms with Gasteiger partial charge < -0.3 is 10.2 Å². The van der Waals surface area contributed by atoms with E-state index in [0.29, 0.717) is 23.7 Å². The maximum atomic E-state index is 13.3. The first-order valence-corrected chi connectivity index (χ1v) is 14.0. The van der Waals surface area contributed by atoms with Crippen molar-refractivity contribution in [3.05, 3.63) is 64.7 Å². The Kier molecular flexibility index (Phi) is 10.6. The summed E-state index contributed by atoms with van der Waals surface area (Å²) in [7, 11) is -3.52. The summed E-state index contributed by atoms with van der Waals surface area (Å²) in [5.41, 5.74) is 2.40. The van der Waals surface area contributed by atoms with E-state index in [0.717, 1.165) is 17.4 Å². The molecule has 0 saturated carbocycles. The Morgan fingerprint density at radius 1 is 1.06 bits per heavy atom. The van der Waals surface area contributed by atoms with Crippen molar-refractivity contribution in [1.29, 1.82) is 0 Å². The average Bonchev–Trinajstić information content (AvgIpc) is 2.78.